The van der Waals surface area contributed by atoms with E-state index in [1.807, 2.05) is 0 Å². The third-order valence-electron chi connectivity index (χ3n) is 4.79. The first-order chi connectivity index (χ1) is 11.2. The Morgan fingerprint density at radius 3 is 2.48 bits per heavy atom. The van der Waals surface area contributed by atoms with Gasteiger partial charge in [-0.1, -0.05) is 13.8 Å². The summed E-state index contributed by atoms with van der Waals surface area (Å²) in [6, 6.07) is 8.89. The molecule has 0 saturated carbocycles. The molecule has 0 spiro atoms. The quantitative estimate of drug-likeness (QED) is 0.873. The van der Waals surface area contributed by atoms with E-state index in [-0.39, 0.29) is 0 Å². The largest absolute Gasteiger partial charge is 0.382 e. The number of hydrogen-bond donors (Lipinski definition) is 1. The van der Waals surface area contributed by atoms with Crippen molar-refractivity contribution in [2.24, 2.45) is 5.92 Å². The molecule has 23 heavy (non-hydrogen) atoms. The van der Waals surface area contributed by atoms with Crippen LogP contribution in [0.3, 0.4) is 0 Å². The van der Waals surface area contributed by atoms with Gasteiger partial charge in [0.15, 0.2) is 0 Å². The molecule has 0 aromatic heterocycles. The van der Waals surface area contributed by atoms with Crippen molar-refractivity contribution in [1.82, 2.24) is 4.90 Å². The molecule has 1 aromatic rings. The molecule has 1 N–H and O–H groups in total. The van der Waals surface area contributed by atoms with Gasteiger partial charge in [0, 0.05) is 57.3 Å². The lowest BCUT2D eigenvalue weighted by Gasteiger charge is -2.36. The number of hydrogen-bond acceptors (Lipinski definition) is 4. The Morgan fingerprint density at radius 1 is 1.13 bits per heavy atom. The highest BCUT2D eigenvalue weighted by Gasteiger charge is 2.18. The summed E-state index contributed by atoms with van der Waals surface area (Å²) in [5.41, 5.74) is 2.54. The molecular weight excluding hydrogens is 286 g/mol. The lowest BCUT2D eigenvalue weighted by atomic mass is 10.1. The average Bonchev–Trinajstić information content (AvgIpc) is 3.07. The molecule has 4 nitrogen and oxygen atoms in total. The topological polar surface area (TPSA) is 27.7 Å². The fourth-order valence-corrected chi connectivity index (χ4v) is 3.53. The SMILES string of the molecule is CC(C)CN1CCN(c2ccc(NCC3CCCO3)cc2)CC1. The fraction of sp³-hybridized carbons (Fsp3) is 0.684. The molecule has 4 heteroatoms. The van der Waals surface area contributed by atoms with Crippen molar-refractivity contribution < 1.29 is 4.74 Å². The van der Waals surface area contributed by atoms with Crippen molar-refractivity contribution in [3.63, 3.8) is 0 Å². The van der Waals surface area contributed by atoms with E-state index < -0.39 is 0 Å². The minimum absolute atomic E-state index is 0.392. The highest BCUT2D eigenvalue weighted by molar-refractivity contribution is 5.55. The van der Waals surface area contributed by atoms with Gasteiger partial charge in [0.25, 0.3) is 0 Å². The minimum atomic E-state index is 0.392. The normalized spacial score (nSPS) is 22.7. The lowest BCUT2D eigenvalue weighted by molar-refractivity contribution is 0.120. The molecule has 1 aromatic carbocycles. The third-order valence-corrected chi connectivity index (χ3v) is 4.79. The minimum Gasteiger partial charge on any atom is -0.382 e. The summed E-state index contributed by atoms with van der Waals surface area (Å²) < 4.78 is 5.66. The standard InChI is InChI=1S/C19H31N3O/c1-16(2)15-21-9-11-22(12-10-21)18-7-5-17(6-8-18)20-14-19-4-3-13-23-19/h5-8,16,19-20H,3-4,9-15H2,1-2H3. The van der Waals surface area contributed by atoms with E-state index in [4.69, 9.17) is 4.74 Å². The van der Waals surface area contributed by atoms with Crippen LogP contribution in [0.15, 0.2) is 24.3 Å². The summed E-state index contributed by atoms with van der Waals surface area (Å²) >= 11 is 0. The van der Waals surface area contributed by atoms with Crippen molar-refractivity contribution in [3.05, 3.63) is 24.3 Å². The maximum Gasteiger partial charge on any atom is 0.0748 e. The molecule has 0 radical (unpaired) electrons. The molecule has 128 valence electrons. The van der Waals surface area contributed by atoms with Crippen molar-refractivity contribution in [1.29, 1.82) is 0 Å². The Morgan fingerprint density at radius 2 is 1.87 bits per heavy atom. The lowest BCUT2D eigenvalue weighted by Crippen LogP contribution is -2.47. The first-order valence-corrected chi connectivity index (χ1v) is 9.13. The van der Waals surface area contributed by atoms with Crippen molar-refractivity contribution in [2.75, 3.05) is 56.1 Å². The van der Waals surface area contributed by atoms with Crippen LogP contribution in [0, 0.1) is 5.92 Å². The van der Waals surface area contributed by atoms with E-state index in [0.717, 1.165) is 32.2 Å². The van der Waals surface area contributed by atoms with Gasteiger partial charge in [0.1, 0.15) is 0 Å². The molecule has 2 fully saturated rings. The van der Waals surface area contributed by atoms with Gasteiger partial charge >= 0.3 is 0 Å². The molecule has 0 bridgehead atoms. The monoisotopic (exact) mass is 317 g/mol. The third kappa shape index (κ3) is 4.85. The summed E-state index contributed by atoms with van der Waals surface area (Å²) in [5.74, 6) is 0.760. The zero-order valence-electron chi connectivity index (χ0n) is 14.6. The Balaban J connectivity index is 1.45. The molecule has 2 aliphatic rings. The number of nitrogens with zero attached hydrogens (tertiary/aromatic N) is 2. The van der Waals surface area contributed by atoms with Crippen molar-refractivity contribution in [2.45, 2.75) is 32.8 Å². The van der Waals surface area contributed by atoms with E-state index in [0.29, 0.717) is 6.10 Å². The number of rotatable bonds is 6. The van der Waals surface area contributed by atoms with Gasteiger partial charge < -0.3 is 15.0 Å². The molecule has 2 saturated heterocycles. The van der Waals surface area contributed by atoms with Gasteiger partial charge in [0.2, 0.25) is 0 Å². The number of ether oxygens (including phenoxy) is 1. The van der Waals surface area contributed by atoms with E-state index in [1.165, 1.54) is 43.9 Å². The van der Waals surface area contributed by atoms with Gasteiger partial charge in [-0.15, -0.1) is 0 Å². The Labute approximate surface area is 140 Å². The average molecular weight is 317 g/mol. The van der Waals surface area contributed by atoms with Crippen LogP contribution in [0.4, 0.5) is 11.4 Å². The number of piperazine rings is 1. The second kappa shape index (κ2) is 8.02. The predicted molar refractivity (Wildman–Crippen MR) is 97.4 cm³/mol. The Bertz CT molecular complexity index is 460. The second-order valence-electron chi connectivity index (χ2n) is 7.24. The predicted octanol–water partition coefficient (Wildman–Crippen LogP) is 3.06. The van der Waals surface area contributed by atoms with Gasteiger partial charge in [-0.05, 0) is 43.0 Å². The Kier molecular flexibility index (Phi) is 5.79. The first kappa shape index (κ1) is 16.6. The molecular formula is C19H31N3O. The van der Waals surface area contributed by atoms with Gasteiger partial charge in [-0.3, -0.25) is 4.90 Å². The zero-order chi connectivity index (χ0) is 16.1. The number of nitrogens with one attached hydrogen (secondary N) is 1. The zero-order valence-corrected chi connectivity index (χ0v) is 14.6. The molecule has 1 unspecified atom stereocenters. The molecule has 0 amide bonds. The molecule has 2 aliphatic heterocycles. The van der Waals surface area contributed by atoms with E-state index in [1.54, 1.807) is 0 Å². The van der Waals surface area contributed by atoms with Gasteiger partial charge in [-0.25, -0.2) is 0 Å². The molecule has 3 rings (SSSR count). The van der Waals surface area contributed by atoms with Crippen LogP contribution in [0.25, 0.3) is 0 Å². The van der Waals surface area contributed by atoms with Crippen molar-refractivity contribution in [3.8, 4) is 0 Å². The maximum atomic E-state index is 5.66. The molecule has 0 aliphatic carbocycles. The smallest absolute Gasteiger partial charge is 0.0748 e. The second-order valence-corrected chi connectivity index (χ2v) is 7.24. The summed E-state index contributed by atoms with van der Waals surface area (Å²) in [6.07, 6.45) is 2.78. The molecule has 2 heterocycles. The van der Waals surface area contributed by atoms with E-state index in [2.05, 4.69) is 53.2 Å². The summed E-state index contributed by atoms with van der Waals surface area (Å²) in [5, 5.41) is 3.49. The summed E-state index contributed by atoms with van der Waals surface area (Å²) in [6.45, 7) is 12.3. The van der Waals surface area contributed by atoms with Crippen LogP contribution in [0.5, 0.6) is 0 Å². The van der Waals surface area contributed by atoms with E-state index >= 15 is 0 Å². The van der Waals surface area contributed by atoms with Crippen LogP contribution in [-0.2, 0) is 4.74 Å². The molecule has 1 atom stereocenters. The first-order valence-electron chi connectivity index (χ1n) is 9.13. The highest BCUT2D eigenvalue weighted by Crippen LogP contribution is 2.20. The summed E-state index contributed by atoms with van der Waals surface area (Å²) in [7, 11) is 0. The van der Waals surface area contributed by atoms with Crippen LogP contribution >= 0.6 is 0 Å². The van der Waals surface area contributed by atoms with Crippen LogP contribution in [-0.4, -0.2) is 56.9 Å². The number of anilines is 2. The number of benzene rings is 1. The summed E-state index contributed by atoms with van der Waals surface area (Å²) in [4.78, 5) is 5.08. The highest BCUT2D eigenvalue weighted by atomic mass is 16.5. The van der Waals surface area contributed by atoms with E-state index in [9.17, 15) is 0 Å². The van der Waals surface area contributed by atoms with Crippen LogP contribution < -0.4 is 10.2 Å². The van der Waals surface area contributed by atoms with Crippen molar-refractivity contribution >= 4 is 11.4 Å². The maximum absolute atomic E-state index is 5.66. The van der Waals surface area contributed by atoms with Gasteiger partial charge in [0.05, 0.1) is 6.10 Å². The van der Waals surface area contributed by atoms with Crippen LogP contribution in [0.2, 0.25) is 0 Å². The van der Waals surface area contributed by atoms with Crippen LogP contribution in [0.1, 0.15) is 26.7 Å². The fourth-order valence-electron chi connectivity index (χ4n) is 3.53. The Hall–Kier alpha value is -1.26. The van der Waals surface area contributed by atoms with Gasteiger partial charge in [-0.2, -0.15) is 0 Å².